The lowest BCUT2D eigenvalue weighted by Crippen LogP contribution is -2.47. The van der Waals surface area contributed by atoms with E-state index in [2.05, 4.69) is 54.9 Å². The number of hydrogen-bond donors (Lipinski definition) is 2. The molecule has 1 aromatic rings. The lowest BCUT2D eigenvalue weighted by molar-refractivity contribution is 0.0177. The third-order valence-corrected chi connectivity index (χ3v) is 6.55. The Kier molecular flexibility index (Phi) is 9.01. The van der Waals surface area contributed by atoms with Gasteiger partial charge in [0, 0.05) is 57.7 Å². The molecule has 1 aromatic heterocycles. The smallest absolute Gasteiger partial charge is 0.191 e. The second-order valence-corrected chi connectivity index (χ2v) is 8.54. The molecule has 7 nitrogen and oxygen atoms in total. The normalized spacial score (nSPS) is 22.0. The summed E-state index contributed by atoms with van der Waals surface area (Å²) in [5.74, 6) is 0.891. The van der Waals surface area contributed by atoms with Crippen molar-refractivity contribution in [1.29, 1.82) is 0 Å². The van der Waals surface area contributed by atoms with Crippen LogP contribution in [0.2, 0.25) is 0 Å². The van der Waals surface area contributed by atoms with Crippen molar-refractivity contribution in [2.75, 3.05) is 86.2 Å². The summed E-state index contributed by atoms with van der Waals surface area (Å²) in [4.78, 5) is 13.3. The predicted molar refractivity (Wildman–Crippen MR) is 117 cm³/mol. The van der Waals surface area contributed by atoms with E-state index < -0.39 is 0 Å². The second kappa shape index (κ2) is 11.7. The number of rotatable bonds is 7. The van der Waals surface area contributed by atoms with Crippen molar-refractivity contribution in [3.05, 3.63) is 22.4 Å². The lowest BCUT2D eigenvalue weighted by Gasteiger charge is -2.34. The minimum Gasteiger partial charge on any atom is -0.379 e. The van der Waals surface area contributed by atoms with Gasteiger partial charge in [0.05, 0.1) is 19.3 Å². The van der Waals surface area contributed by atoms with E-state index in [9.17, 15) is 0 Å². The van der Waals surface area contributed by atoms with Gasteiger partial charge in [-0.05, 0) is 38.0 Å². The molecule has 0 aliphatic carbocycles. The third-order valence-electron chi connectivity index (χ3n) is 5.58. The molecule has 2 aliphatic rings. The number of nitrogens with one attached hydrogen (secondary N) is 2. The quantitative estimate of drug-likeness (QED) is 0.517. The molecule has 0 saturated carbocycles. The Morgan fingerprint density at radius 1 is 1.18 bits per heavy atom. The fraction of sp³-hybridized carbons (Fsp3) is 0.750. The maximum Gasteiger partial charge on any atom is 0.191 e. The first-order chi connectivity index (χ1) is 13.8. The zero-order valence-electron chi connectivity index (χ0n) is 17.4. The first-order valence-corrected chi connectivity index (χ1v) is 11.3. The zero-order chi connectivity index (χ0) is 19.6. The molecule has 3 rings (SSSR count). The number of aliphatic imine (C=N–C) groups is 1. The average Bonchev–Trinajstić information content (AvgIpc) is 3.17. The van der Waals surface area contributed by atoms with E-state index in [0.29, 0.717) is 6.04 Å². The summed E-state index contributed by atoms with van der Waals surface area (Å²) >= 11 is 1.83. The highest BCUT2D eigenvalue weighted by Gasteiger charge is 2.23. The average molecular weight is 409 g/mol. The van der Waals surface area contributed by atoms with Crippen LogP contribution in [0.15, 0.2) is 22.5 Å². The molecule has 0 bridgehead atoms. The molecule has 2 saturated heterocycles. The molecule has 158 valence electrons. The second-order valence-electron chi connectivity index (χ2n) is 7.56. The van der Waals surface area contributed by atoms with E-state index in [4.69, 9.17) is 4.74 Å². The Hall–Kier alpha value is -1.19. The van der Waals surface area contributed by atoms with Crippen molar-refractivity contribution in [3.8, 4) is 0 Å². The first-order valence-electron chi connectivity index (χ1n) is 10.5. The molecule has 0 aromatic carbocycles. The molecule has 28 heavy (non-hydrogen) atoms. The third kappa shape index (κ3) is 6.70. The van der Waals surface area contributed by atoms with E-state index in [1.54, 1.807) is 0 Å². The highest BCUT2D eigenvalue weighted by molar-refractivity contribution is 7.10. The summed E-state index contributed by atoms with van der Waals surface area (Å²) in [5.41, 5.74) is 0. The summed E-state index contributed by atoms with van der Waals surface area (Å²) < 4.78 is 5.54. The molecule has 2 N–H and O–H groups in total. The van der Waals surface area contributed by atoms with Crippen LogP contribution in [-0.2, 0) is 4.74 Å². The Morgan fingerprint density at radius 2 is 2.04 bits per heavy atom. The monoisotopic (exact) mass is 408 g/mol. The van der Waals surface area contributed by atoms with Gasteiger partial charge in [-0.2, -0.15) is 0 Å². The summed E-state index contributed by atoms with van der Waals surface area (Å²) in [5, 5.41) is 9.21. The first kappa shape index (κ1) is 21.5. The van der Waals surface area contributed by atoms with Crippen molar-refractivity contribution in [1.82, 2.24) is 25.3 Å². The van der Waals surface area contributed by atoms with Crippen molar-refractivity contribution in [2.24, 2.45) is 4.99 Å². The molecule has 0 spiro atoms. The molecule has 1 atom stereocenters. The van der Waals surface area contributed by atoms with E-state index in [1.807, 2.05) is 18.4 Å². The van der Waals surface area contributed by atoms with Crippen molar-refractivity contribution in [2.45, 2.75) is 12.5 Å². The molecule has 0 amide bonds. The standard InChI is InChI=1S/C20H36N6OS/c1-21-20(22-6-9-25-8-4-7-24(2)10-11-25)23-17-18(19-5-3-16-28-19)26-12-14-27-15-13-26/h3,5,16,18H,4,6-15,17H2,1-2H3,(H2,21,22,23). The van der Waals surface area contributed by atoms with E-state index in [0.717, 1.165) is 65.0 Å². The van der Waals surface area contributed by atoms with Crippen LogP contribution in [0.25, 0.3) is 0 Å². The van der Waals surface area contributed by atoms with E-state index >= 15 is 0 Å². The van der Waals surface area contributed by atoms with Gasteiger partial charge in [0.15, 0.2) is 5.96 Å². The maximum atomic E-state index is 5.54. The summed E-state index contributed by atoms with van der Waals surface area (Å²) in [6.45, 7) is 11.2. The van der Waals surface area contributed by atoms with E-state index in [-0.39, 0.29) is 0 Å². The topological polar surface area (TPSA) is 55.4 Å². The predicted octanol–water partition coefficient (Wildman–Crippen LogP) is 0.924. The molecule has 8 heteroatoms. The summed E-state index contributed by atoms with van der Waals surface area (Å²) in [7, 11) is 4.07. The maximum absolute atomic E-state index is 5.54. The van der Waals surface area contributed by atoms with Gasteiger partial charge in [0.25, 0.3) is 0 Å². The number of guanidine groups is 1. The van der Waals surface area contributed by atoms with Crippen molar-refractivity contribution in [3.63, 3.8) is 0 Å². The van der Waals surface area contributed by atoms with Crippen LogP contribution in [0.4, 0.5) is 0 Å². The lowest BCUT2D eigenvalue weighted by atomic mass is 10.2. The number of morpholine rings is 1. The van der Waals surface area contributed by atoms with Gasteiger partial charge in [-0.15, -0.1) is 11.3 Å². The number of thiophene rings is 1. The Labute approximate surface area is 173 Å². The highest BCUT2D eigenvalue weighted by Crippen LogP contribution is 2.25. The molecule has 0 radical (unpaired) electrons. The van der Waals surface area contributed by atoms with E-state index in [1.165, 1.54) is 24.4 Å². The molecule has 2 aliphatic heterocycles. The largest absolute Gasteiger partial charge is 0.379 e. The fourth-order valence-corrected chi connectivity index (χ4v) is 4.71. The van der Waals surface area contributed by atoms with Crippen LogP contribution in [0.5, 0.6) is 0 Å². The van der Waals surface area contributed by atoms with Gasteiger partial charge in [-0.3, -0.25) is 9.89 Å². The Balaban J connectivity index is 1.45. The van der Waals surface area contributed by atoms with Crippen LogP contribution < -0.4 is 10.6 Å². The number of likely N-dealkylation sites (N-methyl/N-ethyl adjacent to an activating group) is 1. The van der Waals surface area contributed by atoms with Gasteiger partial charge in [0.1, 0.15) is 0 Å². The van der Waals surface area contributed by atoms with Gasteiger partial charge < -0.3 is 25.2 Å². The minimum absolute atomic E-state index is 0.364. The van der Waals surface area contributed by atoms with Crippen LogP contribution in [0.1, 0.15) is 17.3 Å². The van der Waals surface area contributed by atoms with Crippen LogP contribution in [-0.4, -0.2) is 107 Å². The van der Waals surface area contributed by atoms with Gasteiger partial charge in [0.2, 0.25) is 0 Å². The van der Waals surface area contributed by atoms with Gasteiger partial charge in [-0.25, -0.2) is 0 Å². The van der Waals surface area contributed by atoms with Crippen molar-refractivity contribution < 1.29 is 4.74 Å². The number of nitrogens with zero attached hydrogens (tertiary/aromatic N) is 4. The molecule has 1 unspecified atom stereocenters. The molecular weight excluding hydrogens is 372 g/mol. The summed E-state index contributed by atoms with van der Waals surface area (Å²) in [6, 6.07) is 4.74. The Morgan fingerprint density at radius 3 is 2.79 bits per heavy atom. The molecular formula is C20H36N6OS. The number of ether oxygens (including phenoxy) is 1. The Bertz CT molecular complexity index is 575. The van der Waals surface area contributed by atoms with Crippen LogP contribution in [0.3, 0.4) is 0 Å². The SMILES string of the molecule is CN=C(NCCN1CCCN(C)CC1)NCC(c1cccs1)N1CCOCC1. The summed E-state index contributed by atoms with van der Waals surface area (Å²) in [6.07, 6.45) is 1.26. The number of hydrogen-bond acceptors (Lipinski definition) is 6. The molecule has 2 fully saturated rings. The minimum atomic E-state index is 0.364. The zero-order valence-corrected chi connectivity index (χ0v) is 18.2. The highest BCUT2D eigenvalue weighted by atomic mass is 32.1. The fourth-order valence-electron chi connectivity index (χ4n) is 3.85. The van der Waals surface area contributed by atoms with Crippen molar-refractivity contribution >= 4 is 17.3 Å². The van der Waals surface area contributed by atoms with Crippen LogP contribution >= 0.6 is 11.3 Å². The molecule has 3 heterocycles. The van der Waals surface area contributed by atoms with Gasteiger partial charge >= 0.3 is 0 Å². The van der Waals surface area contributed by atoms with Gasteiger partial charge in [-0.1, -0.05) is 6.07 Å². The van der Waals surface area contributed by atoms with Crippen LogP contribution in [0, 0.1) is 0 Å².